The lowest BCUT2D eigenvalue weighted by molar-refractivity contribution is 0.340. The maximum absolute atomic E-state index is 5.45. The van der Waals surface area contributed by atoms with Gasteiger partial charge in [0.15, 0.2) is 5.11 Å². The van der Waals surface area contributed by atoms with Gasteiger partial charge in [-0.1, -0.05) is 28.1 Å². The smallest absolute Gasteiger partial charge is 0.171 e. The number of hydrogen-bond acceptors (Lipinski definition) is 2. The van der Waals surface area contributed by atoms with Gasteiger partial charge in [0.1, 0.15) is 5.75 Å². The molecule has 22 heavy (non-hydrogen) atoms. The fourth-order valence-corrected chi connectivity index (χ4v) is 2.56. The highest BCUT2D eigenvalue weighted by molar-refractivity contribution is 9.10. The van der Waals surface area contributed by atoms with Crippen LogP contribution >= 0.6 is 28.1 Å². The quantitative estimate of drug-likeness (QED) is 0.725. The van der Waals surface area contributed by atoms with Crippen molar-refractivity contribution >= 4 is 38.9 Å². The van der Waals surface area contributed by atoms with E-state index in [9.17, 15) is 0 Å². The summed E-state index contributed by atoms with van der Waals surface area (Å²) < 4.78 is 6.49. The largest absolute Gasteiger partial charge is 0.494 e. The monoisotopic (exact) mass is 378 g/mol. The highest BCUT2D eigenvalue weighted by Crippen LogP contribution is 2.18. The SMILES string of the molecule is CCOc1ccc(C(C)NC(=S)Nc2ccc(Br)cc2)cc1. The molecule has 0 aliphatic heterocycles. The van der Waals surface area contributed by atoms with Crippen LogP contribution < -0.4 is 15.4 Å². The molecule has 2 N–H and O–H groups in total. The molecule has 0 aromatic heterocycles. The predicted octanol–water partition coefficient (Wildman–Crippen LogP) is 4.90. The van der Waals surface area contributed by atoms with E-state index in [0.29, 0.717) is 11.7 Å². The molecule has 1 unspecified atom stereocenters. The van der Waals surface area contributed by atoms with E-state index >= 15 is 0 Å². The van der Waals surface area contributed by atoms with Crippen molar-refractivity contribution in [1.29, 1.82) is 0 Å². The molecule has 0 amide bonds. The van der Waals surface area contributed by atoms with E-state index in [-0.39, 0.29) is 6.04 Å². The van der Waals surface area contributed by atoms with Crippen LogP contribution in [0.4, 0.5) is 5.69 Å². The number of anilines is 1. The molecule has 0 radical (unpaired) electrons. The molecule has 0 fully saturated rings. The number of nitrogens with one attached hydrogen (secondary N) is 2. The van der Waals surface area contributed by atoms with Crippen LogP contribution in [0.15, 0.2) is 53.0 Å². The Morgan fingerprint density at radius 2 is 1.77 bits per heavy atom. The van der Waals surface area contributed by atoms with Crippen LogP contribution in [-0.2, 0) is 0 Å². The number of ether oxygens (including phenoxy) is 1. The van der Waals surface area contributed by atoms with E-state index in [1.54, 1.807) is 0 Å². The molecule has 0 aliphatic rings. The zero-order chi connectivity index (χ0) is 15.9. The summed E-state index contributed by atoms with van der Waals surface area (Å²) in [5.74, 6) is 0.883. The molecule has 0 saturated heterocycles. The van der Waals surface area contributed by atoms with Gasteiger partial charge in [0.2, 0.25) is 0 Å². The van der Waals surface area contributed by atoms with Gasteiger partial charge in [-0.2, -0.15) is 0 Å². The molecule has 2 aromatic rings. The van der Waals surface area contributed by atoms with Gasteiger partial charge >= 0.3 is 0 Å². The summed E-state index contributed by atoms with van der Waals surface area (Å²) in [6.45, 7) is 4.73. The molecule has 0 aliphatic carbocycles. The zero-order valence-electron chi connectivity index (χ0n) is 12.6. The molecule has 3 nitrogen and oxygen atoms in total. The third kappa shape index (κ3) is 5.00. The van der Waals surface area contributed by atoms with Crippen molar-refractivity contribution in [1.82, 2.24) is 5.32 Å². The summed E-state index contributed by atoms with van der Waals surface area (Å²) in [5, 5.41) is 7.06. The standard InChI is InChI=1S/C17H19BrN2OS/c1-3-21-16-10-4-13(5-11-16)12(2)19-17(22)20-15-8-6-14(18)7-9-15/h4-12H,3H2,1-2H3,(H2,19,20,22). The predicted molar refractivity (Wildman–Crippen MR) is 99.5 cm³/mol. The van der Waals surface area contributed by atoms with Crippen molar-refractivity contribution < 1.29 is 4.74 Å². The molecule has 116 valence electrons. The number of thiocarbonyl (C=S) groups is 1. The maximum Gasteiger partial charge on any atom is 0.171 e. The molecule has 0 saturated carbocycles. The summed E-state index contributed by atoms with van der Waals surface area (Å²) in [4.78, 5) is 0. The van der Waals surface area contributed by atoms with Crippen molar-refractivity contribution in [2.75, 3.05) is 11.9 Å². The average molecular weight is 379 g/mol. The van der Waals surface area contributed by atoms with Gasteiger partial charge in [-0.25, -0.2) is 0 Å². The number of hydrogen-bond donors (Lipinski definition) is 2. The molecule has 0 bridgehead atoms. The second kappa shape index (κ2) is 8.15. The minimum absolute atomic E-state index is 0.117. The molecule has 5 heteroatoms. The number of benzene rings is 2. The van der Waals surface area contributed by atoms with Crippen molar-refractivity contribution in [2.45, 2.75) is 19.9 Å². The Balaban J connectivity index is 1.91. The Hall–Kier alpha value is -1.59. The molecule has 0 heterocycles. The van der Waals surface area contributed by atoms with Gasteiger partial charge in [0.05, 0.1) is 12.6 Å². The van der Waals surface area contributed by atoms with Crippen LogP contribution in [0.1, 0.15) is 25.5 Å². The van der Waals surface area contributed by atoms with Crippen LogP contribution in [0, 0.1) is 0 Å². The number of halogens is 1. The lowest BCUT2D eigenvalue weighted by atomic mass is 10.1. The van der Waals surface area contributed by atoms with Crippen molar-refractivity contribution in [3.63, 3.8) is 0 Å². The Morgan fingerprint density at radius 1 is 1.14 bits per heavy atom. The second-order valence-electron chi connectivity index (χ2n) is 4.83. The van der Waals surface area contributed by atoms with Gasteiger partial charge < -0.3 is 15.4 Å². The van der Waals surface area contributed by atoms with E-state index in [1.807, 2.05) is 55.5 Å². The molecule has 2 rings (SSSR count). The summed E-state index contributed by atoms with van der Waals surface area (Å²) in [6, 6.07) is 16.0. The topological polar surface area (TPSA) is 33.3 Å². The van der Waals surface area contributed by atoms with E-state index in [1.165, 1.54) is 0 Å². The molecule has 1 atom stereocenters. The van der Waals surface area contributed by atoms with Crippen molar-refractivity contribution in [3.05, 3.63) is 58.6 Å². The van der Waals surface area contributed by atoms with E-state index in [2.05, 4.69) is 33.5 Å². The van der Waals surface area contributed by atoms with E-state index in [4.69, 9.17) is 17.0 Å². The first-order valence-electron chi connectivity index (χ1n) is 7.14. The van der Waals surface area contributed by atoms with Crippen LogP contribution in [0.2, 0.25) is 0 Å². The van der Waals surface area contributed by atoms with E-state index in [0.717, 1.165) is 21.5 Å². The fraction of sp³-hybridized carbons (Fsp3) is 0.235. The first kappa shape index (κ1) is 16.8. The fourth-order valence-electron chi connectivity index (χ4n) is 2.00. The first-order valence-corrected chi connectivity index (χ1v) is 8.34. The highest BCUT2D eigenvalue weighted by atomic mass is 79.9. The Labute approximate surface area is 145 Å². The maximum atomic E-state index is 5.45. The van der Waals surface area contributed by atoms with Crippen LogP contribution in [0.25, 0.3) is 0 Å². The normalized spacial score (nSPS) is 11.6. The third-order valence-corrected chi connectivity index (χ3v) is 3.89. The van der Waals surface area contributed by atoms with Gasteiger partial charge in [-0.3, -0.25) is 0 Å². The van der Waals surface area contributed by atoms with Gasteiger partial charge in [0, 0.05) is 10.2 Å². The first-order chi connectivity index (χ1) is 10.6. The summed E-state index contributed by atoms with van der Waals surface area (Å²) >= 11 is 8.77. The molecular weight excluding hydrogens is 360 g/mol. The molecular formula is C17H19BrN2OS. The minimum atomic E-state index is 0.117. The van der Waals surface area contributed by atoms with Crippen molar-refractivity contribution in [2.24, 2.45) is 0 Å². The lowest BCUT2D eigenvalue weighted by Gasteiger charge is -2.18. The van der Waals surface area contributed by atoms with Crippen molar-refractivity contribution in [3.8, 4) is 5.75 Å². The lowest BCUT2D eigenvalue weighted by Crippen LogP contribution is -2.30. The summed E-state index contributed by atoms with van der Waals surface area (Å²) in [7, 11) is 0. The van der Waals surface area contributed by atoms with Crippen LogP contribution in [0.5, 0.6) is 5.75 Å². The average Bonchev–Trinajstić information content (AvgIpc) is 2.50. The summed E-state index contributed by atoms with van der Waals surface area (Å²) in [5.41, 5.74) is 2.11. The minimum Gasteiger partial charge on any atom is -0.494 e. The van der Waals surface area contributed by atoms with Gasteiger partial charge in [-0.05, 0) is 68.0 Å². The van der Waals surface area contributed by atoms with Crippen LogP contribution in [-0.4, -0.2) is 11.7 Å². The summed E-state index contributed by atoms with van der Waals surface area (Å²) in [6.07, 6.45) is 0. The highest BCUT2D eigenvalue weighted by Gasteiger charge is 2.07. The molecule has 0 spiro atoms. The Kier molecular flexibility index (Phi) is 6.21. The Morgan fingerprint density at radius 3 is 2.36 bits per heavy atom. The molecule has 2 aromatic carbocycles. The second-order valence-corrected chi connectivity index (χ2v) is 6.15. The van der Waals surface area contributed by atoms with E-state index < -0.39 is 0 Å². The number of rotatable bonds is 5. The zero-order valence-corrected chi connectivity index (χ0v) is 15.0. The van der Waals surface area contributed by atoms with Gasteiger partial charge in [-0.15, -0.1) is 0 Å². The van der Waals surface area contributed by atoms with Gasteiger partial charge in [0.25, 0.3) is 0 Å². The Bertz CT molecular complexity index is 614. The van der Waals surface area contributed by atoms with Crippen LogP contribution in [0.3, 0.4) is 0 Å². The third-order valence-electron chi connectivity index (χ3n) is 3.14.